The number of aromatic carboxylic acids is 1. The van der Waals surface area contributed by atoms with Gasteiger partial charge in [-0.25, -0.2) is 9.18 Å². The van der Waals surface area contributed by atoms with Gasteiger partial charge in [0.25, 0.3) is 0 Å². The lowest BCUT2D eigenvalue weighted by molar-refractivity contribution is 0.0695. The zero-order valence-corrected chi connectivity index (χ0v) is 19.3. The average Bonchev–Trinajstić information content (AvgIpc) is 3.70. The van der Waals surface area contributed by atoms with Gasteiger partial charge in [0.05, 0.1) is 11.0 Å². The van der Waals surface area contributed by atoms with Crippen molar-refractivity contribution in [3.05, 3.63) is 104 Å². The lowest BCUT2D eigenvalue weighted by Crippen LogP contribution is -2.19. The molecular weight excluding hydrogens is 459 g/mol. The van der Waals surface area contributed by atoms with E-state index in [1.54, 1.807) is 13.0 Å². The molecule has 0 atom stereocenters. The van der Waals surface area contributed by atoms with E-state index >= 15 is 4.39 Å². The molecule has 0 bridgehead atoms. The van der Waals surface area contributed by atoms with Crippen molar-refractivity contribution in [2.45, 2.75) is 25.8 Å². The summed E-state index contributed by atoms with van der Waals surface area (Å²) >= 11 is 0. The Morgan fingerprint density at radius 1 is 1.03 bits per heavy atom. The third kappa shape index (κ3) is 3.43. The Morgan fingerprint density at radius 3 is 2.47 bits per heavy atom. The highest BCUT2D eigenvalue weighted by Gasteiger charge is 2.29. The van der Waals surface area contributed by atoms with E-state index in [1.807, 2.05) is 47.0 Å². The molecule has 0 aliphatic heterocycles. The fourth-order valence-corrected chi connectivity index (χ4v) is 5.08. The quantitative estimate of drug-likeness (QED) is 0.347. The molecule has 5 aromatic rings. The summed E-state index contributed by atoms with van der Waals surface area (Å²) in [6.07, 6.45) is 3.12. The molecule has 2 heterocycles. The van der Waals surface area contributed by atoms with E-state index in [4.69, 9.17) is 0 Å². The number of carboxylic acids is 1. The van der Waals surface area contributed by atoms with E-state index in [0.29, 0.717) is 27.7 Å². The molecule has 0 unspecified atom stereocenters. The van der Waals surface area contributed by atoms with Gasteiger partial charge in [-0.15, -0.1) is 0 Å². The first kappa shape index (κ1) is 22.0. The third-order valence-electron chi connectivity index (χ3n) is 6.89. The number of H-pyrrole nitrogens is 1. The van der Waals surface area contributed by atoms with Crippen molar-refractivity contribution < 1.29 is 14.3 Å². The molecule has 2 N–H and O–H groups in total. The van der Waals surface area contributed by atoms with Gasteiger partial charge in [0.1, 0.15) is 11.4 Å². The number of halogens is 1. The molecule has 0 amide bonds. The normalized spacial score (nSPS) is 13.4. The summed E-state index contributed by atoms with van der Waals surface area (Å²) in [5, 5.41) is 10.4. The Hall–Kier alpha value is -4.52. The standard InChI is InChI=1S/C29H21FN2O4/c1-15-25(23(30)13-21-27(15)32(19-8-9-19)14-22(28(21)34)29(35)36)18-11-17-7-10-24(33)31-26(17)20(12-18)16-5-3-2-4-6-16/h2-7,10-14,19H,8-9H2,1H3,(H,31,33)(H,35,36). The zero-order valence-electron chi connectivity index (χ0n) is 19.3. The highest BCUT2D eigenvalue weighted by molar-refractivity contribution is 6.00. The summed E-state index contributed by atoms with van der Waals surface area (Å²) in [5.41, 5.74) is 3.03. The van der Waals surface area contributed by atoms with Crippen LogP contribution in [0.2, 0.25) is 0 Å². The Labute approximate surface area is 204 Å². The van der Waals surface area contributed by atoms with Crippen LogP contribution in [0.15, 0.2) is 76.4 Å². The van der Waals surface area contributed by atoms with Gasteiger partial charge in [-0.3, -0.25) is 9.59 Å². The van der Waals surface area contributed by atoms with Gasteiger partial charge in [0.15, 0.2) is 0 Å². The zero-order chi connectivity index (χ0) is 25.1. The summed E-state index contributed by atoms with van der Waals surface area (Å²) in [6, 6.07) is 17.6. The molecule has 6 rings (SSSR count). The number of aryl methyl sites for hydroxylation is 1. The number of carbonyl (C=O) groups is 1. The fraction of sp³-hybridized carbons (Fsp3) is 0.138. The molecule has 1 fully saturated rings. The van der Waals surface area contributed by atoms with Crippen molar-refractivity contribution in [1.29, 1.82) is 0 Å². The van der Waals surface area contributed by atoms with Crippen LogP contribution >= 0.6 is 0 Å². The summed E-state index contributed by atoms with van der Waals surface area (Å²) in [7, 11) is 0. The lowest BCUT2D eigenvalue weighted by Gasteiger charge is -2.18. The van der Waals surface area contributed by atoms with Gasteiger partial charge in [0.2, 0.25) is 11.0 Å². The molecule has 2 aromatic heterocycles. The second-order valence-electron chi connectivity index (χ2n) is 9.25. The summed E-state index contributed by atoms with van der Waals surface area (Å²) in [4.78, 5) is 39.7. The highest BCUT2D eigenvalue weighted by Crippen LogP contribution is 2.41. The maximum Gasteiger partial charge on any atom is 0.341 e. The van der Waals surface area contributed by atoms with Gasteiger partial charge in [-0.2, -0.15) is 0 Å². The second kappa shape index (κ2) is 8.02. The Bertz CT molecular complexity index is 1830. The number of aromatic nitrogens is 2. The van der Waals surface area contributed by atoms with Crippen molar-refractivity contribution in [1.82, 2.24) is 9.55 Å². The highest BCUT2D eigenvalue weighted by atomic mass is 19.1. The average molecular weight is 480 g/mol. The molecule has 178 valence electrons. The predicted octanol–water partition coefficient (Wildman–Crippen LogP) is 5.66. The number of fused-ring (bicyclic) bond motifs is 2. The van der Waals surface area contributed by atoms with Crippen LogP contribution in [-0.2, 0) is 0 Å². The SMILES string of the molecule is Cc1c(-c2cc(-c3ccccc3)c3[nH]c(=O)ccc3c2)c(F)cc2c(=O)c(C(=O)O)cn(C3CC3)c12. The number of pyridine rings is 2. The van der Waals surface area contributed by atoms with Crippen LogP contribution in [0.4, 0.5) is 4.39 Å². The molecule has 0 saturated heterocycles. The van der Waals surface area contributed by atoms with Crippen molar-refractivity contribution in [3.8, 4) is 22.3 Å². The number of aromatic amines is 1. The van der Waals surface area contributed by atoms with Crippen molar-refractivity contribution >= 4 is 27.8 Å². The minimum Gasteiger partial charge on any atom is -0.477 e. The van der Waals surface area contributed by atoms with E-state index in [9.17, 15) is 19.5 Å². The van der Waals surface area contributed by atoms with E-state index in [2.05, 4.69) is 4.98 Å². The maximum atomic E-state index is 15.8. The number of hydrogen-bond donors (Lipinski definition) is 2. The molecule has 1 aliphatic rings. The van der Waals surface area contributed by atoms with E-state index in [1.165, 1.54) is 12.3 Å². The first-order valence-electron chi connectivity index (χ1n) is 11.7. The van der Waals surface area contributed by atoms with Gasteiger partial charge in [0, 0.05) is 34.8 Å². The van der Waals surface area contributed by atoms with Crippen LogP contribution < -0.4 is 11.0 Å². The van der Waals surface area contributed by atoms with Crippen molar-refractivity contribution in [3.63, 3.8) is 0 Å². The van der Waals surface area contributed by atoms with Crippen LogP contribution in [0.25, 0.3) is 44.1 Å². The fourth-order valence-electron chi connectivity index (χ4n) is 5.08. The first-order chi connectivity index (χ1) is 17.3. The molecule has 7 heteroatoms. The van der Waals surface area contributed by atoms with E-state index < -0.39 is 17.2 Å². The van der Waals surface area contributed by atoms with Crippen molar-refractivity contribution in [2.24, 2.45) is 0 Å². The minimum atomic E-state index is -1.32. The van der Waals surface area contributed by atoms with Crippen LogP contribution in [0, 0.1) is 12.7 Å². The Balaban J connectivity index is 1.70. The number of rotatable bonds is 4. The molecular formula is C29H21FN2O4. The third-order valence-corrected chi connectivity index (χ3v) is 6.89. The van der Waals surface area contributed by atoms with Crippen molar-refractivity contribution in [2.75, 3.05) is 0 Å². The first-order valence-corrected chi connectivity index (χ1v) is 11.7. The molecule has 0 radical (unpaired) electrons. The number of nitrogens with zero attached hydrogens (tertiary/aromatic N) is 1. The van der Waals surface area contributed by atoms with Crippen LogP contribution in [0.1, 0.15) is 34.8 Å². The second-order valence-corrected chi connectivity index (χ2v) is 9.25. The topological polar surface area (TPSA) is 92.2 Å². The van der Waals surface area contributed by atoms with Gasteiger partial charge in [-0.05, 0) is 66.1 Å². The summed E-state index contributed by atoms with van der Waals surface area (Å²) in [5.74, 6) is -1.93. The molecule has 1 aliphatic carbocycles. The predicted molar refractivity (Wildman–Crippen MR) is 137 cm³/mol. The molecule has 3 aromatic carbocycles. The summed E-state index contributed by atoms with van der Waals surface area (Å²) in [6.45, 7) is 1.76. The van der Waals surface area contributed by atoms with Crippen LogP contribution in [0.5, 0.6) is 0 Å². The Morgan fingerprint density at radius 2 is 1.78 bits per heavy atom. The van der Waals surface area contributed by atoms with Gasteiger partial charge >= 0.3 is 5.97 Å². The lowest BCUT2D eigenvalue weighted by atomic mass is 9.91. The largest absolute Gasteiger partial charge is 0.477 e. The van der Waals surface area contributed by atoms with Gasteiger partial charge in [-0.1, -0.05) is 30.3 Å². The van der Waals surface area contributed by atoms with E-state index in [0.717, 1.165) is 35.4 Å². The van der Waals surface area contributed by atoms with Gasteiger partial charge < -0.3 is 14.7 Å². The summed E-state index contributed by atoms with van der Waals surface area (Å²) < 4.78 is 17.6. The Kier molecular flexibility index (Phi) is 4.89. The maximum absolute atomic E-state index is 15.8. The van der Waals surface area contributed by atoms with E-state index in [-0.39, 0.29) is 22.6 Å². The molecule has 6 nitrogen and oxygen atoms in total. The number of nitrogens with one attached hydrogen (secondary N) is 1. The van der Waals surface area contributed by atoms with Crippen LogP contribution in [0.3, 0.4) is 0 Å². The number of hydrogen-bond acceptors (Lipinski definition) is 3. The monoisotopic (exact) mass is 480 g/mol. The van der Waals surface area contributed by atoms with Crippen LogP contribution in [-0.4, -0.2) is 20.6 Å². The number of benzene rings is 3. The number of carboxylic acid groups (broad SMARTS) is 1. The molecule has 0 spiro atoms. The smallest absolute Gasteiger partial charge is 0.341 e. The minimum absolute atomic E-state index is 0.0638. The molecule has 1 saturated carbocycles. The molecule has 36 heavy (non-hydrogen) atoms.